The molecule has 0 radical (unpaired) electrons. The number of benzene rings is 1. The smallest absolute Gasteiger partial charge is 0.225 e. The summed E-state index contributed by atoms with van der Waals surface area (Å²) in [5.41, 5.74) is 0.610. The van der Waals surface area contributed by atoms with E-state index in [9.17, 15) is 4.79 Å². The highest BCUT2D eigenvalue weighted by Gasteiger charge is 2.08. The fourth-order valence-corrected chi connectivity index (χ4v) is 1.37. The Morgan fingerprint density at radius 1 is 1.38 bits per heavy atom. The molecule has 0 aromatic heterocycles. The highest BCUT2D eigenvalue weighted by molar-refractivity contribution is 6.19. The Balaban J connectivity index is 2.83. The Morgan fingerprint density at radius 3 is 2.69 bits per heavy atom. The van der Waals surface area contributed by atoms with Gasteiger partial charge in [0.2, 0.25) is 5.91 Å². The second-order valence-electron chi connectivity index (χ2n) is 3.05. The summed E-state index contributed by atoms with van der Waals surface area (Å²) in [4.78, 5) is 11.4. The molecule has 1 rings (SSSR count). The molecule has 0 saturated carbocycles. The first-order valence-electron chi connectivity index (χ1n) is 4.79. The summed E-state index contributed by atoms with van der Waals surface area (Å²) < 4.78 is 10.2. The zero-order valence-electron chi connectivity index (χ0n) is 9.25. The number of carbonyl (C=O) groups is 1. The molecule has 0 fully saturated rings. The van der Waals surface area contributed by atoms with E-state index in [2.05, 4.69) is 5.32 Å². The standard InChI is InChI=1S/C11H14ClNO3/c1-15-8-3-4-9(10(7-8)16-2)13-11(14)5-6-12/h3-4,7H,5-6H2,1-2H3,(H,13,14). The summed E-state index contributed by atoms with van der Waals surface area (Å²) in [5, 5.41) is 2.71. The number of hydrogen-bond donors (Lipinski definition) is 1. The van der Waals surface area contributed by atoms with Crippen molar-refractivity contribution in [3.8, 4) is 11.5 Å². The summed E-state index contributed by atoms with van der Waals surface area (Å²) in [7, 11) is 3.10. The van der Waals surface area contributed by atoms with Gasteiger partial charge in [0.25, 0.3) is 0 Å². The summed E-state index contributed by atoms with van der Waals surface area (Å²) in [6, 6.07) is 5.18. The second-order valence-corrected chi connectivity index (χ2v) is 3.43. The number of hydrogen-bond acceptors (Lipinski definition) is 3. The minimum Gasteiger partial charge on any atom is -0.497 e. The van der Waals surface area contributed by atoms with E-state index >= 15 is 0 Å². The summed E-state index contributed by atoms with van der Waals surface area (Å²) >= 11 is 5.47. The molecular weight excluding hydrogens is 230 g/mol. The van der Waals surface area contributed by atoms with Crippen LogP contribution >= 0.6 is 11.6 Å². The maximum absolute atomic E-state index is 11.4. The highest BCUT2D eigenvalue weighted by Crippen LogP contribution is 2.28. The third-order valence-electron chi connectivity index (χ3n) is 2.00. The van der Waals surface area contributed by atoms with Crippen molar-refractivity contribution in [1.29, 1.82) is 0 Å². The lowest BCUT2D eigenvalue weighted by Gasteiger charge is -2.11. The molecule has 0 spiro atoms. The number of alkyl halides is 1. The monoisotopic (exact) mass is 243 g/mol. The lowest BCUT2D eigenvalue weighted by Crippen LogP contribution is -2.12. The van der Waals surface area contributed by atoms with E-state index in [1.807, 2.05) is 0 Å². The van der Waals surface area contributed by atoms with Crippen molar-refractivity contribution in [2.45, 2.75) is 6.42 Å². The van der Waals surface area contributed by atoms with E-state index in [4.69, 9.17) is 21.1 Å². The number of rotatable bonds is 5. The van der Waals surface area contributed by atoms with Crippen molar-refractivity contribution in [2.75, 3.05) is 25.4 Å². The van der Waals surface area contributed by atoms with Crippen LogP contribution in [0.25, 0.3) is 0 Å². The number of halogens is 1. The molecule has 0 aliphatic heterocycles. The van der Waals surface area contributed by atoms with E-state index in [0.29, 0.717) is 23.1 Å². The topological polar surface area (TPSA) is 47.6 Å². The molecule has 16 heavy (non-hydrogen) atoms. The number of ether oxygens (including phenoxy) is 2. The molecule has 0 atom stereocenters. The molecular formula is C11H14ClNO3. The van der Waals surface area contributed by atoms with Crippen LogP contribution in [-0.4, -0.2) is 26.0 Å². The minimum atomic E-state index is -0.140. The Kier molecular flexibility index (Phi) is 4.92. The van der Waals surface area contributed by atoms with Crippen molar-refractivity contribution < 1.29 is 14.3 Å². The quantitative estimate of drug-likeness (QED) is 0.807. The van der Waals surface area contributed by atoms with Gasteiger partial charge in [0.1, 0.15) is 11.5 Å². The van der Waals surface area contributed by atoms with E-state index in [0.717, 1.165) is 0 Å². The first-order valence-corrected chi connectivity index (χ1v) is 5.32. The van der Waals surface area contributed by atoms with Gasteiger partial charge in [-0.2, -0.15) is 0 Å². The number of methoxy groups -OCH3 is 2. The van der Waals surface area contributed by atoms with Crippen molar-refractivity contribution in [1.82, 2.24) is 0 Å². The average molecular weight is 244 g/mol. The van der Waals surface area contributed by atoms with Gasteiger partial charge in [-0.05, 0) is 12.1 Å². The molecule has 0 aliphatic rings. The van der Waals surface area contributed by atoms with Crippen molar-refractivity contribution >= 4 is 23.2 Å². The molecule has 0 heterocycles. The van der Waals surface area contributed by atoms with Crippen LogP contribution in [0.2, 0.25) is 0 Å². The van der Waals surface area contributed by atoms with Gasteiger partial charge in [-0.3, -0.25) is 4.79 Å². The number of carbonyl (C=O) groups excluding carboxylic acids is 1. The van der Waals surface area contributed by atoms with E-state index in [1.54, 1.807) is 25.3 Å². The second kappa shape index (κ2) is 6.23. The van der Waals surface area contributed by atoms with Crippen LogP contribution in [-0.2, 0) is 4.79 Å². The number of nitrogens with one attached hydrogen (secondary N) is 1. The van der Waals surface area contributed by atoms with Crippen LogP contribution in [0.15, 0.2) is 18.2 Å². The molecule has 4 nitrogen and oxygen atoms in total. The zero-order valence-corrected chi connectivity index (χ0v) is 10.0. The molecule has 1 aromatic rings. The van der Waals surface area contributed by atoms with Gasteiger partial charge in [-0.1, -0.05) is 0 Å². The first kappa shape index (κ1) is 12.6. The Bertz CT molecular complexity index is 368. The van der Waals surface area contributed by atoms with Gasteiger partial charge >= 0.3 is 0 Å². The van der Waals surface area contributed by atoms with Crippen LogP contribution in [0.3, 0.4) is 0 Å². The third-order valence-corrected chi connectivity index (χ3v) is 2.19. The molecule has 0 aliphatic carbocycles. The van der Waals surface area contributed by atoms with Gasteiger partial charge in [0, 0.05) is 18.4 Å². The molecule has 1 aromatic carbocycles. The Labute approximate surface area is 99.5 Å². The SMILES string of the molecule is COc1ccc(NC(=O)CCCl)c(OC)c1. The van der Waals surface area contributed by atoms with E-state index < -0.39 is 0 Å². The van der Waals surface area contributed by atoms with Crippen molar-refractivity contribution in [3.63, 3.8) is 0 Å². The van der Waals surface area contributed by atoms with Crippen molar-refractivity contribution in [3.05, 3.63) is 18.2 Å². The molecule has 1 amide bonds. The lowest BCUT2D eigenvalue weighted by molar-refractivity contribution is -0.115. The van der Waals surface area contributed by atoms with Crippen LogP contribution in [0.4, 0.5) is 5.69 Å². The predicted molar refractivity (Wildman–Crippen MR) is 63.5 cm³/mol. The lowest BCUT2D eigenvalue weighted by atomic mass is 10.2. The predicted octanol–water partition coefficient (Wildman–Crippen LogP) is 2.27. The van der Waals surface area contributed by atoms with Crippen LogP contribution in [0.1, 0.15) is 6.42 Å². The molecule has 5 heteroatoms. The van der Waals surface area contributed by atoms with Gasteiger partial charge in [0.05, 0.1) is 19.9 Å². The maximum atomic E-state index is 11.4. The fourth-order valence-electron chi connectivity index (χ4n) is 1.20. The summed E-state index contributed by atoms with van der Waals surface area (Å²) in [6.07, 6.45) is 0.275. The molecule has 0 saturated heterocycles. The van der Waals surface area contributed by atoms with Crippen LogP contribution < -0.4 is 14.8 Å². The largest absolute Gasteiger partial charge is 0.497 e. The Hall–Kier alpha value is -1.42. The average Bonchev–Trinajstić information content (AvgIpc) is 2.30. The van der Waals surface area contributed by atoms with Gasteiger partial charge in [0.15, 0.2) is 0 Å². The van der Waals surface area contributed by atoms with E-state index in [-0.39, 0.29) is 12.3 Å². The minimum absolute atomic E-state index is 0.140. The van der Waals surface area contributed by atoms with Gasteiger partial charge in [-0.25, -0.2) is 0 Å². The van der Waals surface area contributed by atoms with Crippen LogP contribution in [0.5, 0.6) is 11.5 Å². The third kappa shape index (κ3) is 3.31. The van der Waals surface area contributed by atoms with Crippen LogP contribution in [0, 0.1) is 0 Å². The summed E-state index contributed by atoms with van der Waals surface area (Å²) in [5.74, 6) is 1.39. The fraction of sp³-hybridized carbons (Fsp3) is 0.364. The van der Waals surface area contributed by atoms with E-state index in [1.165, 1.54) is 7.11 Å². The first-order chi connectivity index (χ1) is 7.71. The number of anilines is 1. The molecule has 1 N–H and O–H groups in total. The summed E-state index contributed by atoms with van der Waals surface area (Å²) in [6.45, 7) is 0. The Morgan fingerprint density at radius 2 is 2.12 bits per heavy atom. The maximum Gasteiger partial charge on any atom is 0.225 e. The normalized spacial score (nSPS) is 9.69. The van der Waals surface area contributed by atoms with Gasteiger partial charge in [-0.15, -0.1) is 11.6 Å². The highest BCUT2D eigenvalue weighted by atomic mass is 35.5. The molecule has 88 valence electrons. The zero-order chi connectivity index (χ0) is 12.0. The van der Waals surface area contributed by atoms with Crippen molar-refractivity contribution in [2.24, 2.45) is 0 Å². The molecule has 0 unspecified atom stereocenters. The molecule has 0 bridgehead atoms. The number of amides is 1. The van der Waals surface area contributed by atoms with Gasteiger partial charge < -0.3 is 14.8 Å².